The number of methoxy groups -OCH3 is 1. The second-order valence-electron chi connectivity index (χ2n) is 4.34. The molecule has 0 heterocycles. The van der Waals surface area contributed by atoms with Crippen LogP contribution in [0.1, 0.15) is 40.0 Å². The standard InChI is InChI=1S/C12H27NO/c1-5-8-13-10-12(11(2)3)7-6-9-14-4/h11-13H,5-10H2,1-4H3. The van der Waals surface area contributed by atoms with Crippen molar-refractivity contribution in [2.45, 2.75) is 40.0 Å². The highest BCUT2D eigenvalue weighted by molar-refractivity contribution is 4.66. The van der Waals surface area contributed by atoms with Crippen molar-refractivity contribution >= 4 is 0 Å². The van der Waals surface area contributed by atoms with Crippen LogP contribution in [0.5, 0.6) is 0 Å². The Morgan fingerprint density at radius 2 is 2.00 bits per heavy atom. The maximum Gasteiger partial charge on any atom is 0.0462 e. The predicted octanol–water partition coefficient (Wildman–Crippen LogP) is 2.68. The first-order chi connectivity index (χ1) is 6.72. The van der Waals surface area contributed by atoms with Gasteiger partial charge < -0.3 is 10.1 Å². The first kappa shape index (κ1) is 13.9. The summed E-state index contributed by atoms with van der Waals surface area (Å²) in [5.74, 6) is 1.58. The minimum absolute atomic E-state index is 0.774. The van der Waals surface area contributed by atoms with Crippen LogP contribution in [0.25, 0.3) is 0 Å². The van der Waals surface area contributed by atoms with Crippen LogP contribution in [0.2, 0.25) is 0 Å². The molecule has 0 aromatic carbocycles. The van der Waals surface area contributed by atoms with Crippen molar-refractivity contribution in [3.8, 4) is 0 Å². The quantitative estimate of drug-likeness (QED) is 0.579. The van der Waals surface area contributed by atoms with Gasteiger partial charge in [0.1, 0.15) is 0 Å². The van der Waals surface area contributed by atoms with Crippen molar-refractivity contribution in [2.24, 2.45) is 11.8 Å². The zero-order valence-corrected chi connectivity index (χ0v) is 10.3. The minimum atomic E-state index is 0.774. The molecule has 0 saturated carbocycles. The third-order valence-corrected chi connectivity index (χ3v) is 2.70. The third-order valence-electron chi connectivity index (χ3n) is 2.70. The molecule has 14 heavy (non-hydrogen) atoms. The lowest BCUT2D eigenvalue weighted by atomic mass is 9.91. The van der Waals surface area contributed by atoms with Gasteiger partial charge in [-0.05, 0) is 44.2 Å². The highest BCUT2D eigenvalue weighted by Crippen LogP contribution is 2.16. The molecule has 2 heteroatoms. The van der Waals surface area contributed by atoms with Crippen LogP contribution < -0.4 is 5.32 Å². The maximum absolute atomic E-state index is 5.08. The van der Waals surface area contributed by atoms with Crippen LogP contribution in [0.15, 0.2) is 0 Å². The first-order valence-corrected chi connectivity index (χ1v) is 5.92. The lowest BCUT2D eigenvalue weighted by Crippen LogP contribution is -2.27. The molecule has 0 amide bonds. The van der Waals surface area contributed by atoms with Crippen molar-refractivity contribution in [1.82, 2.24) is 5.32 Å². The van der Waals surface area contributed by atoms with E-state index in [2.05, 4.69) is 26.1 Å². The Balaban J connectivity index is 3.55. The molecule has 0 aliphatic heterocycles. The Morgan fingerprint density at radius 1 is 1.29 bits per heavy atom. The molecule has 1 N–H and O–H groups in total. The average Bonchev–Trinajstić information content (AvgIpc) is 2.15. The van der Waals surface area contributed by atoms with Crippen molar-refractivity contribution < 1.29 is 4.74 Å². The molecule has 0 fully saturated rings. The third kappa shape index (κ3) is 7.34. The molecule has 2 nitrogen and oxygen atoms in total. The summed E-state index contributed by atoms with van der Waals surface area (Å²) in [5.41, 5.74) is 0. The molecule has 0 aromatic rings. The van der Waals surface area contributed by atoms with Gasteiger partial charge in [0.2, 0.25) is 0 Å². The van der Waals surface area contributed by atoms with E-state index >= 15 is 0 Å². The highest BCUT2D eigenvalue weighted by atomic mass is 16.5. The average molecular weight is 201 g/mol. The number of hydrogen-bond acceptors (Lipinski definition) is 2. The monoisotopic (exact) mass is 201 g/mol. The van der Waals surface area contributed by atoms with E-state index < -0.39 is 0 Å². The normalized spacial score (nSPS) is 13.5. The van der Waals surface area contributed by atoms with Crippen molar-refractivity contribution in [1.29, 1.82) is 0 Å². The number of hydrogen-bond donors (Lipinski definition) is 1. The fourth-order valence-electron chi connectivity index (χ4n) is 1.63. The Morgan fingerprint density at radius 3 is 2.50 bits per heavy atom. The molecule has 0 aliphatic carbocycles. The van der Waals surface area contributed by atoms with Gasteiger partial charge in [-0.2, -0.15) is 0 Å². The lowest BCUT2D eigenvalue weighted by Gasteiger charge is -2.21. The predicted molar refractivity (Wildman–Crippen MR) is 62.6 cm³/mol. The van der Waals surface area contributed by atoms with Crippen LogP contribution >= 0.6 is 0 Å². The number of nitrogens with one attached hydrogen (secondary N) is 1. The first-order valence-electron chi connectivity index (χ1n) is 5.92. The van der Waals surface area contributed by atoms with Crippen LogP contribution in [0.4, 0.5) is 0 Å². The molecule has 0 bridgehead atoms. The summed E-state index contributed by atoms with van der Waals surface area (Å²) in [6, 6.07) is 0. The molecule has 0 rings (SSSR count). The fourth-order valence-corrected chi connectivity index (χ4v) is 1.63. The second kappa shape index (κ2) is 9.47. The molecular formula is C12H27NO. The van der Waals surface area contributed by atoms with Gasteiger partial charge in [-0.1, -0.05) is 20.8 Å². The Kier molecular flexibility index (Phi) is 9.42. The Hall–Kier alpha value is -0.0800. The fraction of sp³-hybridized carbons (Fsp3) is 1.00. The zero-order chi connectivity index (χ0) is 10.8. The van der Waals surface area contributed by atoms with Crippen LogP contribution in [0.3, 0.4) is 0 Å². The molecule has 0 aliphatic rings. The molecule has 1 atom stereocenters. The smallest absolute Gasteiger partial charge is 0.0462 e. The largest absolute Gasteiger partial charge is 0.385 e. The highest BCUT2D eigenvalue weighted by Gasteiger charge is 2.11. The number of ether oxygens (including phenoxy) is 1. The molecule has 86 valence electrons. The van der Waals surface area contributed by atoms with E-state index in [0.29, 0.717) is 0 Å². The van der Waals surface area contributed by atoms with Gasteiger partial charge in [-0.15, -0.1) is 0 Å². The van der Waals surface area contributed by atoms with Gasteiger partial charge in [0.25, 0.3) is 0 Å². The summed E-state index contributed by atoms with van der Waals surface area (Å²) in [7, 11) is 1.78. The molecule has 0 aromatic heterocycles. The van der Waals surface area contributed by atoms with Crippen molar-refractivity contribution in [3.05, 3.63) is 0 Å². The molecule has 0 saturated heterocycles. The molecular weight excluding hydrogens is 174 g/mol. The van der Waals surface area contributed by atoms with E-state index in [1.54, 1.807) is 7.11 Å². The molecule has 0 radical (unpaired) electrons. The van der Waals surface area contributed by atoms with E-state index in [9.17, 15) is 0 Å². The van der Waals surface area contributed by atoms with Crippen LogP contribution in [-0.2, 0) is 4.74 Å². The SMILES string of the molecule is CCCNCC(CCCOC)C(C)C. The summed E-state index contributed by atoms with van der Waals surface area (Å²) in [6.45, 7) is 10.0. The lowest BCUT2D eigenvalue weighted by molar-refractivity contribution is 0.181. The van der Waals surface area contributed by atoms with Gasteiger partial charge in [0.05, 0.1) is 0 Å². The summed E-state index contributed by atoms with van der Waals surface area (Å²) in [6.07, 6.45) is 3.69. The van der Waals surface area contributed by atoms with Crippen LogP contribution in [-0.4, -0.2) is 26.8 Å². The van der Waals surface area contributed by atoms with Gasteiger partial charge in [0, 0.05) is 13.7 Å². The van der Waals surface area contributed by atoms with E-state index in [4.69, 9.17) is 4.74 Å². The van der Waals surface area contributed by atoms with Crippen molar-refractivity contribution in [3.63, 3.8) is 0 Å². The Labute approximate surface area is 89.4 Å². The second-order valence-corrected chi connectivity index (χ2v) is 4.34. The van der Waals surface area contributed by atoms with E-state index in [1.807, 2.05) is 0 Å². The van der Waals surface area contributed by atoms with Gasteiger partial charge in [-0.25, -0.2) is 0 Å². The van der Waals surface area contributed by atoms with Crippen LogP contribution in [0, 0.1) is 11.8 Å². The maximum atomic E-state index is 5.08. The van der Waals surface area contributed by atoms with Crippen molar-refractivity contribution in [2.75, 3.05) is 26.8 Å². The summed E-state index contributed by atoms with van der Waals surface area (Å²) in [5, 5.41) is 3.50. The summed E-state index contributed by atoms with van der Waals surface area (Å²) >= 11 is 0. The van der Waals surface area contributed by atoms with E-state index in [0.717, 1.165) is 31.5 Å². The molecule has 0 spiro atoms. The minimum Gasteiger partial charge on any atom is -0.385 e. The van der Waals surface area contributed by atoms with E-state index in [1.165, 1.54) is 19.3 Å². The van der Waals surface area contributed by atoms with E-state index in [-0.39, 0.29) is 0 Å². The summed E-state index contributed by atoms with van der Waals surface area (Å²) < 4.78 is 5.08. The van der Waals surface area contributed by atoms with Gasteiger partial charge in [0.15, 0.2) is 0 Å². The molecule has 1 unspecified atom stereocenters. The summed E-state index contributed by atoms with van der Waals surface area (Å²) in [4.78, 5) is 0. The van der Waals surface area contributed by atoms with Gasteiger partial charge >= 0.3 is 0 Å². The number of rotatable bonds is 9. The van der Waals surface area contributed by atoms with Gasteiger partial charge in [-0.3, -0.25) is 0 Å². The topological polar surface area (TPSA) is 21.3 Å². The zero-order valence-electron chi connectivity index (χ0n) is 10.3. The Bertz CT molecular complexity index is 105.